The summed E-state index contributed by atoms with van der Waals surface area (Å²) in [5.41, 5.74) is 3.00. The monoisotopic (exact) mass is 388 g/mol. The smallest absolute Gasteiger partial charge is 0.251 e. The first-order valence-corrected chi connectivity index (χ1v) is 9.44. The molecule has 0 aliphatic carbocycles. The Balaban J connectivity index is 1.60. The predicted molar refractivity (Wildman–Crippen MR) is 114 cm³/mol. The number of methoxy groups -OCH3 is 1. The zero-order chi connectivity index (χ0) is 20.6. The highest BCUT2D eigenvalue weighted by Crippen LogP contribution is 2.16. The molecule has 0 aromatic heterocycles. The van der Waals surface area contributed by atoms with Crippen molar-refractivity contribution in [1.82, 2.24) is 5.32 Å². The Kier molecular flexibility index (Phi) is 6.63. The molecule has 5 nitrogen and oxygen atoms in total. The molecule has 0 fully saturated rings. The van der Waals surface area contributed by atoms with Crippen LogP contribution in [0.5, 0.6) is 5.75 Å². The second kappa shape index (κ2) is 9.55. The zero-order valence-corrected chi connectivity index (χ0v) is 16.5. The summed E-state index contributed by atoms with van der Waals surface area (Å²) in [6.45, 7) is 1.94. The van der Waals surface area contributed by atoms with E-state index in [0.717, 1.165) is 16.9 Å². The molecule has 3 aromatic carbocycles. The number of rotatable bonds is 7. The number of carbonyl (C=O) groups excluding carboxylic acids is 2. The van der Waals surface area contributed by atoms with Crippen LogP contribution in [0.25, 0.3) is 0 Å². The fourth-order valence-electron chi connectivity index (χ4n) is 2.98. The topological polar surface area (TPSA) is 67.4 Å². The second-order valence-electron chi connectivity index (χ2n) is 6.76. The maximum atomic E-state index is 12.6. The lowest BCUT2D eigenvalue weighted by molar-refractivity contribution is -0.115. The summed E-state index contributed by atoms with van der Waals surface area (Å²) in [7, 11) is 1.60. The Hall–Kier alpha value is -3.60. The van der Waals surface area contributed by atoms with E-state index >= 15 is 0 Å². The Bertz CT molecular complexity index is 969. The number of benzene rings is 3. The molecule has 0 aliphatic heterocycles. The quantitative estimate of drug-likeness (QED) is 0.632. The highest BCUT2D eigenvalue weighted by Gasteiger charge is 2.12. The van der Waals surface area contributed by atoms with Gasteiger partial charge in [-0.3, -0.25) is 9.59 Å². The molecule has 0 saturated heterocycles. The van der Waals surface area contributed by atoms with E-state index in [-0.39, 0.29) is 24.3 Å². The molecular formula is C24H24N2O3. The van der Waals surface area contributed by atoms with Crippen LogP contribution in [0.3, 0.4) is 0 Å². The van der Waals surface area contributed by atoms with Crippen LogP contribution in [0.1, 0.15) is 34.5 Å². The summed E-state index contributed by atoms with van der Waals surface area (Å²) >= 11 is 0. The fraction of sp³-hybridized carbons (Fsp3) is 0.167. The van der Waals surface area contributed by atoms with Crippen molar-refractivity contribution in [2.24, 2.45) is 0 Å². The third kappa shape index (κ3) is 5.69. The maximum absolute atomic E-state index is 12.6. The summed E-state index contributed by atoms with van der Waals surface area (Å²) in [6.07, 6.45) is 0.242. The Morgan fingerprint density at radius 1 is 0.931 bits per heavy atom. The van der Waals surface area contributed by atoms with Gasteiger partial charge >= 0.3 is 0 Å². The summed E-state index contributed by atoms with van der Waals surface area (Å²) < 4.78 is 5.12. The Labute approximate surface area is 170 Å². The number of anilines is 1. The highest BCUT2D eigenvalue weighted by atomic mass is 16.5. The van der Waals surface area contributed by atoms with Crippen molar-refractivity contribution in [2.45, 2.75) is 19.4 Å². The number of ether oxygens (including phenoxy) is 1. The molecule has 3 aromatic rings. The fourth-order valence-corrected chi connectivity index (χ4v) is 2.98. The van der Waals surface area contributed by atoms with Crippen molar-refractivity contribution in [1.29, 1.82) is 0 Å². The van der Waals surface area contributed by atoms with Gasteiger partial charge in [-0.2, -0.15) is 0 Å². The lowest BCUT2D eigenvalue weighted by Gasteiger charge is -2.15. The molecule has 0 heterocycles. The number of hydrogen-bond acceptors (Lipinski definition) is 3. The van der Waals surface area contributed by atoms with Gasteiger partial charge in [0.15, 0.2) is 0 Å². The van der Waals surface area contributed by atoms with Gasteiger partial charge in [-0.05, 0) is 48.4 Å². The minimum Gasteiger partial charge on any atom is -0.497 e. The highest BCUT2D eigenvalue weighted by molar-refractivity contribution is 5.97. The average Bonchev–Trinajstić information content (AvgIpc) is 2.75. The van der Waals surface area contributed by atoms with Crippen molar-refractivity contribution in [3.8, 4) is 5.75 Å². The summed E-state index contributed by atoms with van der Waals surface area (Å²) in [5, 5.41) is 5.83. The predicted octanol–water partition coefficient (Wildman–Crippen LogP) is 4.37. The molecule has 0 spiro atoms. The molecule has 0 saturated carbocycles. The van der Waals surface area contributed by atoms with Gasteiger partial charge in [-0.1, -0.05) is 48.5 Å². The minimum absolute atomic E-state index is 0.114. The van der Waals surface area contributed by atoms with Gasteiger partial charge in [-0.15, -0.1) is 0 Å². The van der Waals surface area contributed by atoms with Gasteiger partial charge < -0.3 is 15.4 Å². The molecule has 2 amide bonds. The summed E-state index contributed by atoms with van der Waals surface area (Å²) in [6, 6.07) is 23.9. The molecule has 2 N–H and O–H groups in total. The van der Waals surface area contributed by atoms with E-state index in [1.165, 1.54) is 0 Å². The lowest BCUT2D eigenvalue weighted by Crippen LogP contribution is -2.26. The number of carbonyl (C=O) groups is 2. The molecule has 0 bridgehead atoms. The standard InChI is InChI=1S/C24H24N2O3/c1-17(19-7-4-3-5-8-19)25-24(28)20-9-6-10-21(16-20)26-23(27)15-18-11-13-22(29-2)14-12-18/h3-14,16-17H,15H2,1-2H3,(H,25,28)(H,26,27). The van der Waals surface area contributed by atoms with Crippen LogP contribution < -0.4 is 15.4 Å². The van der Waals surface area contributed by atoms with Gasteiger partial charge in [0.2, 0.25) is 5.91 Å². The lowest BCUT2D eigenvalue weighted by atomic mass is 10.1. The van der Waals surface area contributed by atoms with Crippen molar-refractivity contribution < 1.29 is 14.3 Å². The SMILES string of the molecule is COc1ccc(CC(=O)Nc2cccc(C(=O)NC(C)c3ccccc3)c2)cc1. The Morgan fingerprint density at radius 3 is 2.34 bits per heavy atom. The average molecular weight is 388 g/mol. The van der Waals surface area contributed by atoms with Gasteiger partial charge in [0.25, 0.3) is 5.91 Å². The van der Waals surface area contributed by atoms with E-state index in [1.807, 2.05) is 61.5 Å². The molecule has 148 valence electrons. The first kappa shape index (κ1) is 20.1. The van der Waals surface area contributed by atoms with Crippen LogP contribution in [-0.2, 0) is 11.2 Å². The number of nitrogens with one attached hydrogen (secondary N) is 2. The first-order chi connectivity index (χ1) is 14.0. The number of hydrogen-bond donors (Lipinski definition) is 2. The molecule has 29 heavy (non-hydrogen) atoms. The molecule has 0 aliphatic rings. The van der Waals surface area contributed by atoms with Crippen LogP contribution >= 0.6 is 0 Å². The van der Waals surface area contributed by atoms with E-state index < -0.39 is 0 Å². The van der Waals surface area contributed by atoms with Crippen LogP contribution in [0, 0.1) is 0 Å². The van der Waals surface area contributed by atoms with Crippen LogP contribution in [0.2, 0.25) is 0 Å². The third-order valence-corrected chi connectivity index (χ3v) is 4.58. The van der Waals surface area contributed by atoms with Gasteiger partial charge in [0.05, 0.1) is 19.6 Å². The van der Waals surface area contributed by atoms with E-state index in [0.29, 0.717) is 11.3 Å². The zero-order valence-electron chi connectivity index (χ0n) is 16.5. The van der Waals surface area contributed by atoms with Gasteiger partial charge in [-0.25, -0.2) is 0 Å². The summed E-state index contributed by atoms with van der Waals surface area (Å²) in [4.78, 5) is 24.9. The summed E-state index contributed by atoms with van der Waals surface area (Å²) in [5.74, 6) is 0.413. The van der Waals surface area contributed by atoms with E-state index in [1.54, 1.807) is 31.4 Å². The molecule has 0 radical (unpaired) electrons. The van der Waals surface area contributed by atoms with Crippen molar-refractivity contribution in [2.75, 3.05) is 12.4 Å². The van der Waals surface area contributed by atoms with Crippen molar-refractivity contribution in [3.05, 3.63) is 95.6 Å². The normalized spacial score (nSPS) is 11.4. The molecule has 1 atom stereocenters. The molecule has 1 unspecified atom stereocenters. The minimum atomic E-state index is -0.187. The first-order valence-electron chi connectivity index (χ1n) is 9.44. The number of amides is 2. The largest absolute Gasteiger partial charge is 0.497 e. The van der Waals surface area contributed by atoms with Crippen molar-refractivity contribution >= 4 is 17.5 Å². The molecule has 3 rings (SSSR count). The van der Waals surface area contributed by atoms with Crippen LogP contribution in [0.15, 0.2) is 78.9 Å². The second-order valence-corrected chi connectivity index (χ2v) is 6.76. The van der Waals surface area contributed by atoms with Crippen LogP contribution in [-0.4, -0.2) is 18.9 Å². The van der Waals surface area contributed by atoms with Crippen molar-refractivity contribution in [3.63, 3.8) is 0 Å². The van der Waals surface area contributed by atoms with E-state index in [2.05, 4.69) is 10.6 Å². The van der Waals surface area contributed by atoms with Gasteiger partial charge in [0, 0.05) is 11.3 Å². The molecule has 5 heteroatoms. The maximum Gasteiger partial charge on any atom is 0.251 e. The molecular weight excluding hydrogens is 364 g/mol. The van der Waals surface area contributed by atoms with Crippen LogP contribution in [0.4, 0.5) is 5.69 Å². The van der Waals surface area contributed by atoms with E-state index in [9.17, 15) is 9.59 Å². The van der Waals surface area contributed by atoms with E-state index in [4.69, 9.17) is 4.74 Å². The third-order valence-electron chi connectivity index (χ3n) is 4.58. The Morgan fingerprint density at radius 2 is 1.66 bits per heavy atom. The van der Waals surface area contributed by atoms with Gasteiger partial charge in [0.1, 0.15) is 5.75 Å².